The van der Waals surface area contributed by atoms with Crippen molar-refractivity contribution in [1.82, 2.24) is 21.1 Å². The van der Waals surface area contributed by atoms with Gasteiger partial charge in [-0.1, -0.05) is 0 Å². The molecule has 0 aliphatic heterocycles. The molecular formula is C8H16CuN6S2. The summed E-state index contributed by atoms with van der Waals surface area (Å²) in [5.41, 5.74) is 6.00. The fraction of sp³-hybridized carbons (Fsp3) is 0.500. The Morgan fingerprint density at radius 1 is 1.24 bits per heavy atom. The van der Waals surface area contributed by atoms with Crippen molar-refractivity contribution in [3.63, 3.8) is 0 Å². The molecule has 0 unspecified atom stereocenters. The number of rotatable bonds is 3. The normalized spacial score (nSPS) is 10.5. The molecule has 0 aromatic rings. The molecule has 0 aromatic carbocycles. The Kier molecular flexibility index (Phi) is 11.4. The van der Waals surface area contributed by atoms with Gasteiger partial charge in [-0.15, -0.1) is 0 Å². The molecule has 0 heterocycles. The van der Waals surface area contributed by atoms with Gasteiger partial charge in [0.2, 0.25) is 0 Å². The van der Waals surface area contributed by atoms with E-state index in [4.69, 9.17) is 24.4 Å². The third kappa shape index (κ3) is 10.1. The minimum Gasteiger partial charge on any atom is -0.364 e. The average molecular weight is 324 g/mol. The molecule has 0 spiro atoms. The molecule has 0 aliphatic rings. The van der Waals surface area contributed by atoms with Gasteiger partial charge in [0.05, 0.1) is 11.9 Å². The van der Waals surface area contributed by atoms with Gasteiger partial charge in [-0.25, -0.2) is 0 Å². The van der Waals surface area contributed by atoms with Crippen LogP contribution in [0.25, 0.3) is 0 Å². The maximum Gasteiger partial charge on any atom is 0.189 e. The minimum absolute atomic E-state index is 0. The molecule has 0 rings (SSSR count). The van der Waals surface area contributed by atoms with Crippen LogP contribution in [0.5, 0.6) is 0 Å². The predicted octanol–water partition coefficient (Wildman–Crippen LogP) is -0.124. The van der Waals surface area contributed by atoms with Crippen LogP contribution >= 0.6 is 24.4 Å². The topological polar surface area (TPSA) is 64.0 Å². The first-order valence-corrected chi connectivity index (χ1v) is 5.31. The van der Waals surface area contributed by atoms with Crippen molar-refractivity contribution in [3.8, 4) is 0 Å². The van der Waals surface area contributed by atoms with E-state index in [1.54, 1.807) is 18.9 Å². The zero-order valence-corrected chi connectivity index (χ0v) is 12.6. The van der Waals surface area contributed by atoms with Gasteiger partial charge in [-0.05, 0) is 31.4 Å². The number of hydrogen-bond acceptors (Lipinski definition) is 4. The van der Waals surface area contributed by atoms with E-state index >= 15 is 0 Å². The fourth-order valence-electron chi connectivity index (χ4n) is 0.505. The monoisotopic (exact) mass is 323 g/mol. The molecule has 0 aromatic heterocycles. The minimum atomic E-state index is 0. The second-order valence-electron chi connectivity index (χ2n) is 3.01. The van der Waals surface area contributed by atoms with Crippen LogP contribution in [0, 0.1) is 0 Å². The number of thiocarbonyl (C=S) groups is 2. The van der Waals surface area contributed by atoms with Crippen LogP contribution in [0.1, 0.15) is 6.92 Å². The Morgan fingerprint density at radius 2 is 1.82 bits per heavy atom. The van der Waals surface area contributed by atoms with Crippen molar-refractivity contribution in [2.24, 2.45) is 10.2 Å². The maximum atomic E-state index is 4.99. The first kappa shape index (κ1) is 18.6. The Labute approximate surface area is 123 Å². The van der Waals surface area contributed by atoms with Gasteiger partial charge >= 0.3 is 0 Å². The van der Waals surface area contributed by atoms with Crippen molar-refractivity contribution in [1.29, 1.82) is 0 Å². The Balaban J connectivity index is 0. The van der Waals surface area contributed by atoms with E-state index in [1.165, 1.54) is 6.21 Å². The first-order valence-electron chi connectivity index (χ1n) is 4.49. The smallest absolute Gasteiger partial charge is 0.189 e. The molecule has 0 fully saturated rings. The van der Waals surface area contributed by atoms with E-state index in [-0.39, 0.29) is 17.1 Å². The zero-order valence-electron chi connectivity index (χ0n) is 10.0. The second kappa shape index (κ2) is 10.4. The van der Waals surface area contributed by atoms with E-state index in [9.17, 15) is 0 Å². The van der Waals surface area contributed by atoms with Crippen LogP contribution in [0.2, 0.25) is 0 Å². The quantitative estimate of drug-likeness (QED) is 0.291. The molecule has 101 valence electrons. The molecule has 1 radical (unpaired) electrons. The van der Waals surface area contributed by atoms with Crippen LogP contribution < -0.4 is 16.2 Å². The van der Waals surface area contributed by atoms with E-state index in [1.807, 2.05) is 14.1 Å². The summed E-state index contributed by atoms with van der Waals surface area (Å²) in [5, 5.41) is 11.6. The summed E-state index contributed by atoms with van der Waals surface area (Å²) in [4.78, 5) is 1.75. The summed E-state index contributed by atoms with van der Waals surface area (Å²) < 4.78 is 0. The number of hydrogen-bond donors (Lipinski definition) is 3. The third-order valence-electron chi connectivity index (χ3n) is 1.38. The summed E-state index contributed by atoms with van der Waals surface area (Å²) in [6, 6.07) is 0. The molecule has 0 atom stereocenters. The van der Waals surface area contributed by atoms with Crippen LogP contribution in [0.3, 0.4) is 0 Å². The van der Waals surface area contributed by atoms with Crippen LogP contribution in [-0.2, 0) is 17.1 Å². The number of nitrogens with zero attached hydrogens (tertiary/aromatic N) is 3. The molecule has 3 N–H and O–H groups in total. The summed E-state index contributed by atoms with van der Waals surface area (Å²) in [5.74, 6) is 0. The van der Waals surface area contributed by atoms with Crippen molar-refractivity contribution < 1.29 is 17.1 Å². The van der Waals surface area contributed by atoms with Crippen molar-refractivity contribution in [3.05, 3.63) is 0 Å². The number of nitrogens with one attached hydrogen (secondary N) is 3. The predicted molar refractivity (Wildman–Crippen MR) is 75.8 cm³/mol. The zero-order chi connectivity index (χ0) is 12.6. The van der Waals surface area contributed by atoms with Gasteiger partial charge < -0.3 is 10.2 Å². The number of hydrazone groups is 2. The largest absolute Gasteiger partial charge is 0.364 e. The van der Waals surface area contributed by atoms with Crippen molar-refractivity contribution in [2.75, 3.05) is 21.1 Å². The molecular weight excluding hydrogens is 308 g/mol. The fourth-order valence-corrected chi connectivity index (χ4v) is 0.603. The molecule has 0 saturated heterocycles. The maximum absolute atomic E-state index is 4.99. The van der Waals surface area contributed by atoms with E-state index in [0.717, 1.165) is 0 Å². The summed E-state index contributed by atoms with van der Waals surface area (Å²) in [7, 11) is 5.38. The first-order chi connectivity index (χ1) is 7.47. The second-order valence-corrected chi connectivity index (χ2v) is 3.81. The third-order valence-corrected chi connectivity index (χ3v) is 2.13. The molecule has 0 bridgehead atoms. The summed E-state index contributed by atoms with van der Waals surface area (Å²) in [6.07, 6.45) is 1.54. The van der Waals surface area contributed by atoms with E-state index < -0.39 is 0 Å². The van der Waals surface area contributed by atoms with E-state index in [2.05, 4.69) is 26.4 Å². The molecule has 6 nitrogen and oxygen atoms in total. The van der Waals surface area contributed by atoms with Crippen LogP contribution in [0.4, 0.5) is 0 Å². The van der Waals surface area contributed by atoms with Crippen molar-refractivity contribution >= 4 is 46.6 Å². The van der Waals surface area contributed by atoms with Gasteiger partial charge in [0, 0.05) is 38.2 Å². The average Bonchev–Trinajstić information content (AvgIpc) is 2.25. The van der Waals surface area contributed by atoms with Gasteiger partial charge in [-0.2, -0.15) is 10.2 Å². The Hall–Kier alpha value is -0.761. The van der Waals surface area contributed by atoms with Crippen molar-refractivity contribution in [2.45, 2.75) is 6.92 Å². The standard InChI is InChI=1S/C8H16N6S2.Cu/c1-6(5-10-12-7(15)9-2)11-13-8(16)14(3)4;/h5H,1-4H3,(H,13,16)(H2,9,12,15);/b10-5+,11-6+;. The van der Waals surface area contributed by atoms with Gasteiger partial charge in [0.25, 0.3) is 0 Å². The molecule has 0 aliphatic carbocycles. The van der Waals surface area contributed by atoms with Gasteiger partial charge in [0.15, 0.2) is 10.2 Å². The Bertz CT molecular complexity index is 315. The molecule has 9 heteroatoms. The molecule has 0 amide bonds. The van der Waals surface area contributed by atoms with Gasteiger partial charge in [-0.3, -0.25) is 10.9 Å². The Morgan fingerprint density at radius 3 is 2.29 bits per heavy atom. The van der Waals surface area contributed by atoms with Crippen LogP contribution in [0.15, 0.2) is 10.2 Å². The SMILES string of the molecule is CNC(=S)N/N=C/C(C)=N/NC(=S)N(C)C.[Cu]. The van der Waals surface area contributed by atoms with E-state index in [0.29, 0.717) is 15.9 Å². The molecule has 0 saturated carbocycles. The summed E-state index contributed by atoms with van der Waals surface area (Å²) in [6.45, 7) is 1.79. The van der Waals surface area contributed by atoms with Crippen LogP contribution in [-0.4, -0.2) is 48.2 Å². The summed E-state index contributed by atoms with van der Waals surface area (Å²) >= 11 is 9.81. The van der Waals surface area contributed by atoms with Gasteiger partial charge in [0.1, 0.15) is 0 Å². The molecule has 17 heavy (non-hydrogen) atoms.